The van der Waals surface area contributed by atoms with Crippen molar-refractivity contribution in [2.75, 3.05) is 24.5 Å². The maximum atomic E-state index is 12.9. The van der Waals surface area contributed by atoms with Gasteiger partial charge in [-0.2, -0.15) is 0 Å². The zero-order valence-corrected chi connectivity index (χ0v) is 16.6. The smallest absolute Gasteiger partial charge is 0.225 e. The Labute approximate surface area is 167 Å². The minimum atomic E-state index is 0.341. The molecule has 2 aliphatic heterocycles. The van der Waals surface area contributed by atoms with Crippen molar-refractivity contribution in [2.45, 2.75) is 57.4 Å². The third-order valence-electron chi connectivity index (χ3n) is 6.91. The number of hydrogen-bond donors (Lipinski definition) is 0. The first kappa shape index (κ1) is 17.9. The largest absolute Gasteiger partial charge is 0.356 e. The number of benzene rings is 1. The van der Waals surface area contributed by atoms with Crippen molar-refractivity contribution in [3.63, 3.8) is 0 Å². The Morgan fingerprint density at radius 2 is 1.71 bits per heavy atom. The molecule has 0 N–H and O–H groups in total. The van der Waals surface area contributed by atoms with Gasteiger partial charge in [-0.3, -0.25) is 4.79 Å². The molecule has 1 saturated carbocycles. The van der Waals surface area contributed by atoms with Crippen LogP contribution in [0.2, 0.25) is 0 Å². The molecule has 28 heavy (non-hydrogen) atoms. The molecule has 0 bridgehead atoms. The van der Waals surface area contributed by atoms with E-state index >= 15 is 0 Å². The van der Waals surface area contributed by atoms with Crippen LogP contribution in [0.25, 0.3) is 10.9 Å². The number of nitrogens with zero attached hydrogens (tertiary/aromatic N) is 4. The molecule has 2 aromatic rings. The van der Waals surface area contributed by atoms with Crippen molar-refractivity contribution < 1.29 is 4.79 Å². The molecule has 1 aliphatic carbocycles. The van der Waals surface area contributed by atoms with Crippen LogP contribution in [0.15, 0.2) is 30.6 Å². The zero-order valence-electron chi connectivity index (χ0n) is 16.6. The van der Waals surface area contributed by atoms with E-state index in [4.69, 9.17) is 0 Å². The topological polar surface area (TPSA) is 49.3 Å². The number of aromatic nitrogens is 2. The molecule has 5 nitrogen and oxygen atoms in total. The van der Waals surface area contributed by atoms with Gasteiger partial charge in [-0.15, -0.1) is 0 Å². The summed E-state index contributed by atoms with van der Waals surface area (Å²) >= 11 is 0. The number of carbonyl (C=O) groups excluding carboxylic acids is 1. The van der Waals surface area contributed by atoms with Crippen LogP contribution < -0.4 is 4.90 Å². The monoisotopic (exact) mass is 378 g/mol. The molecule has 2 saturated heterocycles. The lowest BCUT2D eigenvalue weighted by atomic mass is 9.86. The van der Waals surface area contributed by atoms with Crippen molar-refractivity contribution in [1.29, 1.82) is 0 Å². The number of carbonyl (C=O) groups is 1. The maximum Gasteiger partial charge on any atom is 0.225 e. The number of fused-ring (bicyclic) bond motifs is 1. The number of likely N-dealkylation sites (tertiary alicyclic amines) is 1. The molecule has 0 radical (unpaired) electrons. The van der Waals surface area contributed by atoms with Crippen LogP contribution in [0, 0.1) is 11.8 Å². The first-order valence-corrected chi connectivity index (χ1v) is 11.1. The fourth-order valence-electron chi connectivity index (χ4n) is 5.20. The lowest BCUT2D eigenvalue weighted by molar-refractivity contribution is -0.136. The van der Waals surface area contributed by atoms with Gasteiger partial charge in [0.25, 0.3) is 0 Å². The number of amides is 1. The van der Waals surface area contributed by atoms with E-state index in [1.54, 1.807) is 6.33 Å². The molecule has 3 fully saturated rings. The van der Waals surface area contributed by atoms with Crippen molar-refractivity contribution in [3.05, 3.63) is 30.6 Å². The van der Waals surface area contributed by atoms with Crippen LogP contribution in [-0.2, 0) is 4.79 Å². The third kappa shape index (κ3) is 3.47. The van der Waals surface area contributed by atoms with Crippen molar-refractivity contribution in [2.24, 2.45) is 11.8 Å². The highest BCUT2D eigenvalue weighted by atomic mass is 16.2. The lowest BCUT2D eigenvalue weighted by Gasteiger charge is -2.41. The molecular formula is C23H30N4O. The highest BCUT2D eigenvalue weighted by molar-refractivity contribution is 5.89. The second kappa shape index (κ2) is 7.69. The number of piperidine rings is 1. The average Bonchev–Trinajstić information content (AvgIpc) is 3.60. The summed E-state index contributed by atoms with van der Waals surface area (Å²) in [5, 5.41) is 1.14. The Morgan fingerprint density at radius 3 is 2.54 bits per heavy atom. The summed E-state index contributed by atoms with van der Waals surface area (Å²) in [6.07, 6.45) is 11.1. The highest BCUT2D eigenvalue weighted by Gasteiger charge is 2.39. The van der Waals surface area contributed by atoms with Crippen LogP contribution in [-0.4, -0.2) is 46.5 Å². The molecule has 148 valence electrons. The molecule has 5 rings (SSSR count). The van der Waals surface area contributed by atoms with Gasteiger partial charge in [0.1, 0.15) is 12.1 Å². The van der Waals surface area contributed by atoms with E-state index in [9.17, 15) is 4.79 Å². The minimum Gasteiger partial charge on any atom is -0.356 e. The van der Waals surface area contributed by atoms with Crippen molar-refractivity contribution in [1.82, 2.24) is 14.9 Å². The molecule has 0 spiro atoms. The molecular weight excluding hydrogens is 348 g/mol. The van der Waals surface area contributed by atoms with Gasteiger partial charge in [-0.05, 0) is 56.6 Å². The standard InChI is InChI=1S/C23H30N4O/c28-23(18-9-10-18)27-13-5-1-2-8-21(27)17-11-14-26(15-12-17)22-19-6-3-4-7-20(19)24-16-25-22/h3-4,6-7,16-18,21H,1-2,5,8-15H2/t21-/m1/s1. The predicted octanol–water partition coefficient (Wildman–Crippen LogP) is 4.03. The van der Waals surface area contributed by atoms with Crippen molar-refractivity contribution in [3.8, 4) is 0 Å². The summed E-state index contributed by atoms with van der Waals surface area (Å²) in [6, 6.07) is 8.73. The van der Waals surface area contributed by atoms with E-state index in [0.717, 1.165) is 62.0 Å². The maximum absolute atomic E-state index is 12.9. The summed E-state index contributed by atoms with van der Waals surface area (Å²) < 4.78 is 0. The number of hydrogen-bond acceptors (Lipinski definition) is 4. The van der Waals surface area contributed by atoms with E-state index in [1.807, 2.05) is 6.07 Å². The van der Waals surface area contributed by atoms with E-state index in [0.29, 0.717) is 23.8 Å². The normalized spacial score (nSPS) is 24.4. The van der Waals surface area contributed by atoms with Gasteiger partial charge in [0, 0.05) is 37.0 Å². The molecule has 1 aromatic carbocycles. The fourth-order valence-corrected chi connectivity index (χ4v) is 5.20. The van der Waals surface area contributed by atoms with Gasteiger partial charge in [0.2, 0.25) is 5.91 Å². The number of anilines is 1. The summed E-state index contributed by atoms with van der Waals surface area (Å²) in [7, 11) is 0. The predicted molar refractivity (Wildman–Crippen MR) is 111 cm³/mol. The van der Waals surface area contributed by atoms with E-state index in [2.05, 4.69) is 38.0 Å². The molecule has 1 atom stereocenters. The van der Waals surface area contributed by atoms with Gasteiger partial charge >= 0.3 is 0 Å². The number of rotatable bonds is 3. The van der Waals surface area contributed by atoms with Gasteiger partial charge in [-0.1, -0.05) is 25.0 Å². The van der Waals surface area contributed by atoms with Gasteiger partial charge < -0.3 is 9.80 Å². The minimum absolute atomic E-state index is 0.341. The summed E-state index contributed by atoms with van der Waals surface area (Å²) in [6.45, 7) is 3.03. The van der Waals surface area contributed by atoms with E-state index in [1.165, 1.54) is 25.7 Å². The van der Waals surface area contributed by atoms with E-state index < -0.39 is 0 Å². The Morgan fingerprint density at radius 1 is 0.893 bits per heavy atom. The second-order valence-corrected chi connectivity index (χ2v) is 8.76. The van der Waals surface area contributed by atoms with Crippen molar-refractivity contribution >= 4 is 22.6 Å². The quantitative estimate of drug-likeness (QED) is 0.809. The van der Waals surface area contributed by atoms with Gasteiger partial charge in [-0.25, -0.2) is 9.97 Å². The van der Waals surface area contributed by atoms with E-state index in [-0.39, 0.29) is 0 Å². The first-order valence-electron chi connectivity index (χ1n) is 11.1. The summed E-state index contributed by atoms with van der Waals surface area (Å²) in [4.78, 5) is 26.6. The van der Waals surface area contributed by atoms with Gasteiger partial charge in [0.15, 0.2) is 0 Å². The average molecular weight is 379 g/mol. The molecule has 3 heterocycles. The van der Waals surface area contributed by atoms with Crippen LogP contribution in [0.3, 0.4) is 0 Å². The molecule has 1 aromatic heterocycles. The van der Waals surface area contributed by atoms with Crippen LogP contribution in [0.4, 0.5) is 5.82 Å². The molecule has 5 heteroatoms. The van der Waals surface area contributed by atoms with Crippen LogP contribution in [0.5, 0.6) is 0 Å². The van der Waals surface area contributed by atoms with Crippen LogP contribution in [0.1, 0.15) is 51.4 Å². The second-order valence-electron chi connectivity index (χ2n) is 8.76. The number of para-hydroxylation sites is 1. The molecule has 0 unspecified atom stereocenters. The Kier molecular flexibility index (Phi) is 4.91. The summed E-state index contributed by atoms with van der Waals surface area (Å²) in [5.41, 5.74) is 1.01. The Bertz CT molecular complexity index is 836. The zero-order chi connectivity index (χ0) is 18.9. The first-order chi connectivity index (χ1) is 13.8. The highest BCUT2D eigenvalue weighted by Crippen LogP contribution is 2.37. The Balaban J connectivity index is 1.31. The third-order valence-corrected chi connectivity index (χ3v) is 6.91. The fraction of sp³-hybridized carbons (Fsp3) is 0.609. The molecule has 3 aliphatic rings. The summed E-state index contributed by atoms with van der Waals surface area (Å²) in [5.74, 6) is 2.49. The molecule has 1 amide bonds. The van der Waals surface area contributed by atoms with Crippen LogP contribution >= 0.6 is 0 Å². The van der Waals surface area contributed by atoms with Gasteiger partial charge in [0.05, 0.1) is 5.52 Å². The lowest BCUT2D eigenvalue weighted by Crippen LogP contribution is -2.48. The SMILES string of the molecule is O=C(C1CC1)N1CCCCC[C@@H]1C1CCN(c2ncnc3ccccc23)CC1. The Hall–Kier alpha value is -2.17.